The number of hydrogen-bond donors (Lipinski definition) is 11. The second-order valence-electron chi connectivity index (χ2n) is 11.4. The Morgan fingerprint density at radius 3 is 2.36 bits per heavy atom. The zero-order valence-electron chi connectivity index (χ0n) is 22.2. The summed E-state index contributed by atoms with van der Waals surface area (Å²) in [7, 11) is 0. The highest BCUT2D eigenvalue weighted by molar-refractivity contribution is 5.89. The van der Waals surface area contributed by atoms with Crippen LogP contribution < -0.4 is 33.6 Å². The molecule has 3 unspecified atom stereocenters. The first-order valence-corrected chi connectivity index (χ1v) is 13.8. The molecule has 2 saturated heterocycles. The molecule has 0 bridgehead atoms. The number of nitrogens with one attached hydrogen (secondary N) is 2. The van der Waals surface area contributed by atoms with Crippen LogP contribution in [-0.4, -0.2) is 136 Å². The van der Waals surface area contributed by atoms with E-state index in [9.17, 15) is 30.3 Å². The average Bonchev–Trinajstić information content (AvgIpc) is 3.53. The molecule has 15 atom stereocenters. The fraction of sp³-hybridized carbons (Fsp3) is 0.958. The Morgan fingerprint density at radius 2 is 1.74 bits per heavy atom. The minimum Gasteiger partial charge on any atom is -0.394 e. The van der Waals surface area contributed by atoms with Crippen molar-refractivity contribution in [2.24, 2.45) is 28.9 Å². The summed E-state index contributed by atoms with van der Waals surface area (Å²) in [6, 6.07) is -3.93. The van der Waals surface area contributed by atoms with Crippen molar-refractivity contribution in [3.63, 3.8) is 0 Å². The minimum absolute atomic E-state index is 0.0850. The number of ether oxygens (including phenoxy) is 3. The summed E-state index contributed by atoms with van der Waals surface area (Å²) in [5.41, 5.74) is 22.9. The number of amides is 1. The predicted molar refractivity (Wildman–Crippen MR) is 137 cm³/mol. The van der Waals surface area contributed by atoms with Gasteiger partial charge in [0.2, 0.25) is 0 Å². The molecule has 2 aliphatic carbocycles. The van der Waals surface area contributed by atoms with Crippen molar-refractivity contribution in [1.82, 2.24) is 10.6 Å². The van der Waals surface area contributed by atoms with Gasteiger partial charge < -0.3 is 73.3 Å². The van der Waals surface area contributed by atoms with Gasteiger partial charge in [0, 0.05) is 37.0 Å². The molecular weight excluding hydrogens is 516 g/mol. The third kappa shape index (κ3) is 6.25. The highest BCUT2D eigenvalue weighted by atomic mass is 16.7. The molecule has 0 spiro atoms. The fourth-order valence-corrected chi connectivity index (χ4v) is 6.03. The lowest BCUT2D eigenvalue weighted by molar-refractivity contribution is -0.306. The van der Waals surface area contributed by atoms with Gasteiger partial charge in [-0.05, 0) is 25.8 Å². The van der Waals surface area contributed by atoms with Crippen LogP contribution in [0.4, 0.5) is 0 Å². The van der Waals surface area contributed by atoms with Crippen LogP contribution in [0.1, 0.15) is 32.6 Å². The van der Waals surface area contributed by atoms with E-state index in [2.05, 4.69) is 10.6 Å². The number of rotatable bonds is 9. The summed E-state index contributed by atoms with van der Waals surface area (Å²) >= 11 is 0. The van der Waals surface area contributed by atoms with Crippen LogP contribution in [0.15, 0.2) is 0 Å². The van der Waals surface area contributed by atoms with Gasteiger partial charge in [0.05, 0.1) is 37.0 Å². The Kier molecular flexibility index (Phi) is 9.86. The molecule has 4 rings (SSSR count). The molecule has 4 fully saturated rings. The van der Waals surface area contributed by atoms with Gasteiger partial charge in [0.25, 0.3) is 5.91 Å². The molecule has 0 radical (unpaired) electrons. The number of nitrogens with two attached hydrogens (primary N) is 4. The first-order chi connectivity index (χ1) is 18.4. The average molecular weight is 563 g/mol. The molecule has 1 amide bonds. The fourth-order valence-electron chi connectivity index (χ4n) is 6.03. The maximum atomic E-state index is 12.9. The number of carbonyl (C=O) groups is 1. The Hall–Kier alpha value is -1.05. The lowest BCUT2D eigenvalue weighted by Crippen LogP contribution is -2.69. The van der Waals surface area contributed by atoms with E-state index in [0.29, 0.717) is 13.0 Å². The monoisotopic (exact) mass is 562 g/mol. The van der Waals surface area contributed by atoms with Crippen LogP contribution >= 0.6 is 0 Å². The SMILES string of the molecule is CCNC[C@@H]1CC[C@@H](N)[C@@H](C2[C@@H](N)C[C@@H](NC(=O)C3(O)CC3N)[C@H](O[C@H]3O[C@H](CO)[C@@H](O)[C@H](N)[C@H]3O)[C@H]2O)O1. The first-order valence-electron chi connectivity index (χ1n) is 13.8. The zero-order chi connectivity index (χ0) is 28.6. The second kappa shape index (κ2) is 12.4. The number of aliphatic hydroxyl groups excluding tert-OH is 4. The third-order valence-corrected chi connectivity index (χ3v) is 8.67. The van der Waals surface area contributed by atoms with Crippen LogP contribution in [-0.2, 0) is 19.0 Å². The third-order valence-electron chi connectivity index (χ3n) is 8.67. The Balaban J connectivity index is 1.57. The van der Waals surface area contributed by atoms with Gasteiger partial charge >= 0.3 is 0 Å². The number of hydrogen-bond acceptors (Lipinski definition) is 14. The second-order valence-corrected chi connectivity index (χ2v) is 11.4. The van der Waals surface area contributed by atoms with Crippen molar-refractivity contribution >= 4 is 5.91 Å². The van der Waals surface area contributed by atoms with Crippen LogP contribution in [0, 0.1) is 5.92 Å². The molecule has 226 valence electrons. The van der Waals surface area contributed by atoms with E-state index in [-0.39, 0.29) is 18.9 Å². The highest BCUT2D eigenvalue weighted by Gasteiger charge is 2.59. The van der Waals surface area contributed by atoms with E-state index in [1.807, 2.05) is 6.92 Å². The predicted octanol–water partition coefficient (Wildman–Crippen LogP) is -5.72. The summed E-state index contributed by atoms with van der Waals surface area (Å²) in [4.78, 5) is 12.9. The topological polar surface area (TPSA) is 274 Å². The molecule has 2 aliphatic heterocycles. The summed E-state index contributed by atoms with van der Waals surface area (Å²) < 4.78 is 17.9. The van der Waals surface area contributed by atoms with Crippen molar-refractivity contribution in [2.75, 3.05) is 19.7 Å². The van der Waals surface area contributed by atoms with E-state index >= 15 is 0 Å². The van der Waals surface area contributed by atoms with Gasteiger partial charge in [-0.15, -0.1) is 0 Å². The maximum Gasteiger partial charge on any atom is 0.253 e. The number of carbonyl (C=O) groups excluding carboxylic acids is 1. The first kappa shape index (κ1) is 30.9. The van der Waals surface area contributed by atoms with Crippen LogP contribution in [0.2, 0.25) is 0 Å². The quantitative estimate of drug-likeness (QED) is 0.125. The molecule has 4 aliphatic rings. The van der Waals surface area contributed by atoms with E-state index in [1.54, 1.807) is 0 Å². The van der Waals surface area contributed by atoms with Gasteiger partial charge in [-0.3, -0.25) is 4.79 Å². The van der Waals surface area contributed by atoms with Crippen LogP contribution in [0.3, 0.4) is 0 Å². The standard InChI is InChI=1S/C24H46N6O9/c1-2-29-7-9-3-4-10(25)20(37-9)15-11(26)5-12(30-23(35)24(36)6-14(24)27)21(18(15)33)39-22-19(34)16(28)17(32)13(8-31)38-22/h9-22,29,31-34,36H,2-8,25-28H2,1H3,(H,30,35)/t9-,10+,11-,12+,13+,14?,15?,16-,17+,18-,19+,20-,21-,22+,24?/m0/s1. The summed E-state index contributed by atoms with van der Waals surface area (Å²) in [5, 5.41) is 58.6. The zero-order valence-corrected chi connectivity index (χ0v) is 22.2. The van der Waals surface area contributed by atoms with E-state index < -0.39 is 97.2 Å². The molecule has 15 nitrogen and oxygen atoms in total. The van der Waals surface area contributed by atoms with Crippen LogP contribution in [0.25, 0.3) is 0 Å². The maximum absolute atomic E-state index is 12.9. The van der Waals surface area contributed by atoms with Crippen molar-refractivity contribution in [2.45, 2.75) is 117 Å². The molecule has 39 heavy (non-hydrogen) atoms. The van der Waals surface area contributed by atoms with Crippen LogP contribution in [0.5, 0.6) is 0 Å². The van der Waals surface area contributed by atoms with Crippen molar-refractivity contribution in [3.8, 4) is 0 Å². The summed E-state index contributed by atoms with van der Waals surface area (Å²) in [6.45, 7) is 2.78. The molecule has 2 saturated carbocycles. The summed E-state index contributed by atoms with van der Waals surface area (Å²) in [5.74, 6) is -1.43. The lowest BCUT2D eigenvalue weighted by atomic mass is 9.72. The van der Waals surface area contributed by atoms with Gasteiger partial charge in [0.15, 0.2) is 11.9 Å². The molecule has 0 aromatic rings. The van der Waals surface area contributed by atoms with E-state index in [1.165, 1.54) is 0 Å². The largest absolute Gasteiger partial charge is 0.394 e. The highest BCUT2D eigenvalue weighted by Crippen LogP contribution is 2.38. The normalized spacial score (nSPS) is 50.4. The van der Waals surface area contributed by atoms with Crippen molar-refractivity contribution < 1.29 is 44.5 Å². The number of aliphatic hydroxyl groups is 5. The molecule has 15 N–H and O–H groups in total. The van der Waals surface area contributed by atoms with Crippen molar-refractivity contribution in [1.29, 1.82) is 0 Å². The smallest absolute Gasteiger partial charge is 0.253 e. The van der Waals surface area contributed by atoms with Gasteiger partial charge in [-0.1, -0.05) is 6.92 Å². The minimum atomic E-state index is -1.74. The van der Waals surface area contributed by atoms with Gasteiger partial charge in [-0.25, -0.2) is 0 Å². The lowest BCUT2D eigenvalue weighted by Gasteiger charge is -2.51. The van der Waals surface area contributed by atoms with Gasteiger partial charge in [0.1, 0.15) is 24.4 Å². The summed E-state index contributed by atoms with van der Waals surface area (Å²) in [6.07, 6.45) is -7.18. The Morgan fingerprint density at radius 1 is 1.05 bits per heavy atom. The molecule has 2 heterocycles. The number of likely N-dealkylation sites (N-methyl/N-ethyl adjacent to an activating group) is 1. The van der Waals surface area contributed by atoms with Crippen molar-refractivity contribution in [3.05, 3.63) is 0 Å². The molecule has 15 heteroatoms. The molecule has 0 aromatic heterocycles. The molecule has 0 aromatic carbocycles. The van der Waals surface area contributed by atoms with E-state index in [4.69, 9.17) is 37.1 Å². The Labute approximate surface area is 227 Å². The Bertz CT molecular complexity index is 842. The van der Waals surface area contributed by atoms with E-state index in [0.717, 1.165) is 13.0 Å². The molecular formula is C24H46N6O9. The van der Waals surface area contributed by atoms with Gasteiger partial charge in [-0.2, -0.15) is 0 Å².